The lowest BCUT2D eigenvalue weighted by Crippen LogP contribution is -2.38. The van der Waals surface area contributed by atoms with Gasteiger partial charge in [0.25, 0.3) is 5.91 Å². The molecule has 35 heavy (non-hydrogen) atoms. The third-order valence-electron chi connectivity index (χ3n) is 4.72. The Bertz CT molecular complexity index is 1320. The summed E-state index contributed by atoms with van der Waals surface area (Å²) in [5.41, 5.74) is 4.18. The van der Waals surface area contributed by atoms with Crippen molar-refractivity contribution in [2.75, 3.05) is 24.2 Å². The summed E-state index contributed by atoms with van der Waals surface area (Å²) in [6.07, 6.45) is 2.45. The first-order valence-corrected chi connectivity index (χ1v) is 13.3. The molecular weight excluding hydrogens is 558 g/mol. The normalized spacial score (nSPS) is 11.3. The third kappa shape index (κ3) is 7.45. The molecule has 0 saturated heterocycles. The van der Waals surface area contributed by atoms with Crippen LogP contribution in [-0.2, 0) is 21.4 Å². The average Bonchev–Trinajstić information content (AvgIpc) is 2.82. The quantitative estimate of drug-likeness (QED) is 0.279. The van der Waals surface area contributed by atoms with Gasteiger partial charge < -0.3 is 9.47 Å². The van der Waals surface area contributed by atoms with E-state index in [-0.39, 0.29) is 6.61 Å². The molecule has 3 aromatic rings. The fraction of sp³-hybridized carbons (Fsp3) is 0.167. The number of carbonyl (C=O) groups excluding carboxylic acids is 1. The van der Waals surface area contributed by atoms with Gasteiger partial charge in [-0.1, -0.05) is 48.0 Å². The number of methoxy groups -OCH3 is 1. The van der Waals surface area contributed by atoms with Gasteiger partial charge in [0.15, 0.2) is 11.5 Å². The van der Waals surface area contributed by atoms with Crippen LogP contribution in [0.15, 0.2) is 76.3 Å². The summed E-state index contributed by atoms with van der Waals surface area (Å²) < 4.78 is 37.2. The predicted octanol–water partition coefficient (Wildman–Crippen LogP) is 4.61. The van der Waals surface area contributed by atoms with Crippen molar-refractivity contribution in [3.05, 3.63) is 87.4 Å². The summed E-state index contributed by atoms with van der Waals surface area (Å²) in [5.74, 6) is 0.341. The number of nitrogens with zero attached hydrogens (tertiary/aromatic N) is 2. The molecule has 1 amide bonds. The Morgan fingerprint density at radius 1 is 1.14 bits per heavy atom. The lowest BCUT2D eigenvalue weighted by atomic mass is 10.2. The van der Waals surface area contributed by atoms with Crippen molar-refractivity contribution in [2.45, 2.75) is 6.61 Å². The fourth-order valence-electron chi connectivity index (χ4n) is 3.06. The maximum atomic E-state index is 12.4. The van der Waals surface area contributed by atoms with Crippen LogP contribution in [0.25, 0.3) is 0 Å². The first-order valence-electron chi connectivity index (χ1n) is 10.3. The van der Waals surface area contributed by atoms with Gasteiger partial charge in [-0.15, -0.1) is 0 Å². The molecule has 0 aromatic heterocycles. The number of ether oxygens (including phenoxy) is 2. The molecule has 184 valence electrons. The highest BCUT2D eigenvalue weighted by Crippen LogP contribution is 2.37. The highest BCUT2D eigenvalue weighted by atomic mass is 79.9. The molecular formula is C24H23BrClN3O5S. The Labute approximate surface area is 217 Å². The highest BCUT2D eigenvalue weighted by molar-refractivity contribution is 9.10. The summed E-state index contributed by atoms with van der Waals surface area (Å²) in [4.78, 5) is 12.4. The van der Waals surface area contributed by atoms with Crippen LogP contribution in [-0.4, -0.2) is 40.4 Å². The second-order valence-electron chi connectivity index (χ2n) is 7.31. The molecule has 1 N–H and O–H groups in total. The van der Waals surface area contributed by atoms with Crippen molar-refractivity contribution in [2.24, 2.45) is 5.10 Å². The number of carbonyl (C=O) groups is 1. The van der Waals surface area contributed by atoms with Crippen molar-refractivity contribution < 1.29 is 22.7 Å². The van der Waals surface area contributed by atoms with E-state index in [0.717, 1.165) is 16.1 Å². The molecule has 0 spiro atoms. The molecule has 0 fully saturated rings. The first-order chi connectivity index (χ1) is 16.7. The van der Waals surface area contributed by atoms with Gasteiger partial charge in [0.1, 0.15) is 13.2 Å². The topological polar surface area (TPSA) is 97.3 Å². The van der Waals surface area contributed by atoms with Gasteiger partial charge in [-0.3, -0.25) is 9.10 Å². The molecule has 11 heteroatoms. The number of amides is 1. The SMILES string of the molecule is COc1cc(/C=N\NC(=O)CN(c2ccccc2)S(C)(=O)=O)cc(Br)c1OCc1ccccc1Cl. The van der Waals surface area contributed by atoms with E-state index in [1.54, 1.807) is 48.5 Å². The van der Waals surface area contributed by atoms with Crippen LogP contribution in [0.3, 0.4) is 0 Å². The molecule has 0 unspecified atom stereocenters. The van der Waals surface area contributed by atoms with E-state index in [1.807, 2.05) is 18.2 Å². The van der Waals surface area contributed by atoms with E-state index in [2.05, 4.69) is 26.5 Å². The van der Waals surface area contributed by atoms with Gasteiger partial charge in [0.05, 0.1) is 29.7 Å². The highest BCUT2D eigenvalue weighted by Gasteiger charge is 2.20. The van der Waals surface area contributed by atoms with E-state index in [0.29, 0.717) is 32.2 Å². The average molecular weight is 581 g/mol. The van der Waals surface area contributed by atoms with Crippen LogP contribution in [0.5, 0.6) is 11.5 Å². The largest absolute Gasteiger partial charge is 0.493 e. The maximum absolute atomic E-state index is 12.4. The molecule has 0 heterocycles. The van der Waals surface area contributed by atoms with Gasteiger partial charge in [0, 0.05) is 10.6 Å². The summed E-state index contributed by atoms with van der Waals surface area (Å²) in [6.45, 7) is -0.168. The minimum Gasteiger partial charge on any atom is -0.493 e. The molecule has 0 aliphatic rings. The van der Waals surface area contributed by atoms with Gasteiger partial charge in [-0.2, -0.15) is 5.10 Å². The Kier molecular flexibility index (Phi) is 9.13. The van der Waals surface area contributed by atoms with Crippen molar-refractivity contribution >= 4 is 55.4 Å². The number of hydrogen-bond acceptors (Lipinski definition) is 6. The molecule has 0 bridgehead atoms. The second kappa shape index (κ2) is 12.1. The van der Waals surface area contributed by atoms with Crippen LogP contribution < -0.4 is 19.2 Å². The monoisotopic (exact) mass is 579 g/mol. The fourth-order valence-corrected chi connectivity index (χ4v) is 4.68. The number of sulfonamides is 1. The summed E-state index contributed by atoms with van der Waals surface area (Å²) in [7, 11) is -2.15. The number of halogens is 2. The maximum Gasteiger partial charge on any atom is 0.260 e. The van der Waals surface area contributed by atoms with Crippen LogP contribution >= 0.6 is 27.5 Å². The minimum atomic E-state index is -3.66. The van der Waals surface area contributed by atoms with Crippen molar-refractivity contribution in [1.82, 2.24) is 5.43 Å². The summed E-state index contributed by atoms with van der Waals surface area (Å²) in [5, 5.41) is 4.54. The smallest absolute Gasteiger partial charge is 0.260 e. The van der Waals surface area contributed by atoms with Crippen LogP contribution in [0, 0.1) is 0 Å². The molecule has 0 radical (unpaired) electrons. The van der Waals surface area contributed by atoms with E-state index >= 15 is 0 Å². The number of para-hydroxylation sites is 1. The van der Waals surface area contributed by atoms with E-state index in [4.69, 9.17) is 21.1 Å². The second-order valence-corrected chi connectivity index (χ2v) is 10.5. The Morgan fingerprint density at radius 2 is 1.83 bits per heavy atom. The van der Waals surface area contributed by atoms with E-state index in [9.17, 15) is 13.2 Å². The Morgan fingerprint density at radius 3 is 2.49 bits per heavy atom. The molecule has 8 nitrogen and oxygen atoms in total. The van der Waals surface area contributed by atoms with Gasteiger partial charge in [0.2, 0.25) is 10.0 Å². The summed E-state index contributed by atoms with van der Waals surface area (Å²) >= 11 is 9.66. The zero-order valence-corrected chi connectivity index (χ0v) is 22.1. The molecule has 0 aliphatic heterocycles. The predicted molar refractivity (Wildman–Crippen MR) is 141 cm³/mol. The molecule has 0 saturated carbocycles. The van der Waals surface area contributed by atoms with Crippen LogP contribution in [0.1, 0.15) is 11.1 Å². The zero-order chi connectivity index (χ0) is 25.4. The molecule has 3 rings (SSSR count). The number of hydrazone groups is 1. The Hall–Kier alpha value is -3.08. The van der Waals surface area contributed by atoms with E-state index in [1.165, 1.54) is 13.3 Å². The molecule has 0 aliphatic carbocycles. The lowest BCUT2D eigenvalue weighted by Gasteiger charge is -2.21. The number of anilines is 1. The van der Waals surface area contributed by atoms with E-state index < -0.39 is 22.5 Å². The first kappa shape index (κ1) is 26.5. The van der Waals surface area contributed by atoms with Crippen LogP contribution in [0.4, 0.5) is 5.69 Å². The molecule has 3 aromatic carbocycles. The van der Waals surface area contributed by atoms with Gasteiger partial charge in [-0.25, -0.2) is 13.8 Å². The van der Waals surface area contributed by atoms with Gasteiger partial charge in [-0.05, 0) is 51.8 Å². The third-order valence-corrected chi connectivity index (χ3v) is 6.81. The van der Waals surface area contributed by atoms with Crippen molar-refractivity contribution in [1.29, 1.82) is 0 Å². The standard InChI is InChI=1S/C24H23BrClN3O5S/c1-33-22-13-17(12-20(25)24(22)34-16-18-8-6-7-11-21(18)26)14-27-28-23(30)15-29(35(2,31)32)19-9-4-3-5-10-19/h3-14H,15-16H2,1-2H3,(H,28,30)/b27-14-. The lowest BCUT2D eigenvalue weighted by molar-refractivity contribution is -0.119. The minimum absolute atomic E-state index is 0.246. The number of benzene rings is 3. The summed E-state index contributed by atoms with van der Waals surface area (Å²) in [6, 6.07) is 19.2. The zero-order valence-electron chi connectivity index (χ0n) is 18.9. The van der Waals surface area contributed by atoms with Gasteiger partial charge >= 0.3 is 0 Å². The number of nitrogens with one attached hydrogen (secondary N) is 1. The van der Waals surface area contributed by atoms with Crippen molar-refractivity contribution in [3.8, 4) is 11.5 Å². The van der Waals surface area contributed by atoms with Crippen molar-refractivity contribution in [3.63, 3.8) is 0 Å². The van der Waals surface area contributed by atoms with Crippen LogP contribution in [0.2, 0.25) is 5.02 Å². The molecule has 0 atom stereocenters. The number of hydrogen-bond donors (Lipinski definition) is 1. The number of rotatable bonds is 10. The Balaban J connectivity index is 1.68.